The van der Waals surface area contributed by atoms with Gasteiger partial charge in [0.15, 0.2) is 11.4 Å². The van der Waals surface area contributed by atoms with Crippen LogP contribution < -0.4 is 14.8 Å². The minimum Gasteiger partial charge on any atom is -0.489 e. The van der Waals surface area contributed by atoms with E-state index in [0.29, 0.717) is 55.6 Å². The zero-order chi connectivity index (χ0) is 23.3. The van der Waals surface area contributed by atoms with Crippen LogP contribution in [0.2, 0.25) is 0 Å². The van der Waals surface area contributed by atoms with Crippen LogP contribution in [-0.2, 0) is 16.6 Å². The van der Waals surface area contributed by atoms with Crippen molar-refractivity contribution in [2.45, 2.75) is 24.8 Å². The summed E-state index contributed by atoms with van der Waals surface area (Å²) in [5.41, 5.74) is 0.940. The van der Waals surface area contributed by atoms with Gasteiger partial charge >= 0.3 is 0 Å². The Morgan fingerprint density at radius 3 is 2.79 bits per heavy atom. The molecule has 0 aliphatic carbocycles. The van der Waals surface area contributed by atoms with Gasteiger partial charge in [-0.3, -0.25) is 14.3 Å². The fourth-order valence-corrected chi connectivity index (χ4v) is 5.55. The Labute approximate surface area is 195 Å². The summed E-state index contributed by atoms with van der Waals surface area (Å²) in [4.78, 5) is 28.7. The summed E-state index contributed by atoms with van der Waals surface area (Å²) >= 11 is 1.42. The lowest BCUT2D eigenvalue weighted by molar-refractivity contribution is -0.167. The van der Waals surface area contributed by atoms with E-state index >= 15 is 0 Å². The lowest BCUT2D eigenvalue weighted by Crippen LogP contribution is -2.53. The Bertz CT molecular complexity index is 1120. The molecule has 3 aliphatic rings. The highest BCUT2D eigenvalue weighted by molar-refractivity contribution is 7.97. The number of rotatable bonds is 3. The maximum atomic E-state index is 13.6. The molecule has 0 unspecified atom stereocenters. The summed E-state index contributed by atoms with van der Waals surface area (Å²) < 4.78 is 30.2. The Morgan fingerprint density at radius 2 is 2.09 bits per heavy atom. The van der Waals surface area contributed by atoms with Crippen molar-refractivity contribution in [3.8, 4) is 5.75 Å². The maximum Gasteiger partial charge on any atom is 0.276 e. The highest BCUT2D eigenvalue weighted by Crippen LogP contribution is 2.38. The first-order valence-electron chi connectivity index (χ1n) is 10.9. The molecule has 10 heteroatoms. The topological polar surface area (TPSA) is 84.8 Å². The molecule has 2 fully saturated rings. The van der Waals surface area contributed by atoms with Crippen molar-refractivity contribution in [1.29, 1.82) is 0 Å². The van der Waals surface area contributed by atoms with Gasteiger partial charge in [0.2, 0.25) is 5.91 Å². The van der Waals surface area contributed by atoms with Crippen LogP contribution >= 0.6 is 11.9 Å². The van der Waals surface area contributed by atoms with Gasteiger partial charge in [0.1, 0.15) is 5.82 Å². The zero-order valence-electron chi connectivity index (χ0n) is 18.8. The Hall–Kier alpha value is -2.56. The van der Waals surface area contributed by atoms with Crippen molar-refractivity contribution in [2.24, 2.45) is 18.4 Å². The number of aryl methyl sites for hydroxylation is 2. The first-order valence-corrected chi connectivity index (χ1v) is 11.8. The van der Waals surface area contributed by atoms with E-state index in [1.54, 1.807) is 24.6 Å². The minimum atomic E-state index is -0.429. The average molecular weight is 475 g/mol. The molecule has 0 saturated carbocycles. The quantitative estimate of drug-likeness (QED) is 0.666. The fourth-order valence-electron chi connectivity index (χ4n) is 4.55. The van der Waals surface area contributed by atoms with Gasteiger partial charge in [-0.15, -0.1) is 0 Å². The first-order chi connectivity index (χ1) is 15.7. The molecular weight excluding hydrogens is 447 g/mol. The smallest absolute Gasteiger partial charge is 0.276 e. The number of aromatic nitrogens is 1. The van der Waals surface area contributed by atoms with Crippen LogP contribution in [0.1, 0.15) is 23.0 Å². The molecule has 0 spiro atoms. The van der Waals surface area contributed by atoms with Crippen LogP contribution in [0.3, 0.4) is 0 Å². The monoisotopic (exact) mass is 474 g/mol. The second-order valence-corrected chi connectivity index (χ2v) is 10.2. The summed E-state index contributed by atoms with van der Waals surface area (Å²) in [5, 5.41) is 2.84. The van der Waals surface area contributed by atoms with E-state index < -0.39 is 5.41 Å². The number of carbonyl (C=O) groups is 2. The second kappa shape index (κ2) is 8.34. The molecule has 0 radical (unpaired) electrons. The summed E-state index contributed by atoms with van der Waals surface area (Å²) in [6, 6.07) is 4.56. The molecule has 8 nitrogen and oxygen atoms in total. The van der Waals surface area contributed by atoms with Gasteiger partial charge in [-0.05, 0) is 49.6 Å². The van der Waals surface area contributed by atoms with E-state index in [0.717, 1.165) is 4.90 Å². The maximum absolute atomic E-state index is 13.6. The van der Waals surface area contributed by atoms with Gasteiger partial charge in [0, 0.05) is 44.0 Å². The Kier molecular flexibility index (Phi) is 5.62. The predicted molar refractivity (Wildman–Crippen MR) is 122 cm³/mol. The van der Waals surface area contributed by atoms with Crippen LogP contribution in [-0.4, -0.2) is 60.2 Å². The van der Waals surface area contributed by atoms with Gasteiger partial charge in [-0.25, -0.2) is 4.39 Å². The number of nitrogens with zero attached hydrogens (tertiary/aromatic N) is 2. The van der Waals surface area contributed by atoms with Crippen molar-refractivity contribution < 1.29 is 23.5 Å². The SMILES string of the molecule is Cc1cc(NC(=O)c2c3c(cn2C)SN[C@@H]2CN(C(=O)C4(C)COC4)C[C@H]2CO3)ccc1F. The number of halogens is 1. The minimum absolute atomic E-state index is 0.0939. The molecule has 33 heavy (non-hydrogen) atoms. The van der Waals surface area contributed by atoms with E-state index in [-0.39, 0.29) is 29.6 Å². The Balaban J connectivity index is 1.31. The summed E-state index contributed by atoms with van der Waals surface area (Å²) in [7, 11) is 1.79. The van der Waals surface area contributed by atoms with E-state index in [1.165, 1.54) is 24.1 Å². The number of hydrogen-bond donors (Lipinski definition) is 2. The molecule has 2 N–H and O–H groups in total. The molecule has 2 saturated heterocycles. The van der Waals surface area contributed by atoms with Gasteiger partial charge in [0.05, 0.1) is 30.1 Å². The highest BCUT2D eigenvalue weighted by Gasteiger charge is 2.47. The van der Waals surface area contributed by atoms with Gasteiger partial charge in [0.25, 0.3) is 5.91 Å². The third-order valence-corrected chi connectivity index (χ3v) is 7.51. The molecule has 1 aromatic carbocycles. The van der Waals surface area contributed by atoms with Crippen LogP contribution in [0.25, 0.3) is 0 Å². The number of nitrogens with one attached hydrogen (secondary N) is 2. The number of amides is 2. The lowest BCUT2D eigenvalue weighted by Gasteiger charge is -2.39. The number of hydrogen-bond acceptors (Lipinski definition) is 6. The Morgan fingerprint density at radius 1 is 1.30 bits per heavy atom. The number of ether oxygens (including phenoxy) is 2. The van der Waals surface area contributed by atoms with Crippen LogP contribution in [0.15, 0.2) is 29.3 Å². The molecule has 4 heterocycles. The van der Waals surface area contributed by atoms with Crippen molar-refractivity contribution in [3.05, 3.63) is 41.5 Å². The second-order valence-electron chi connectivity index (χ2n) is 9.36. The molecule has 5 rings (SSSR count). The molecule has 176 valence electrons. The molecule has 3 aliphatic heterocycles. The predicted octanol–water partition coefficient (Wildman–Crippen LogP) is 2.58. The van der Waals surface area contributed by atoms with Crippen LogP contribution in [0, 0.1) is 24.1 Å². The van der Waals surface area contributed by atoms with E-state index in [1.807, 2.05) is 18.0 Å². The lowest BCUT2D eigenvalue weighted by atomic mass is 9.87. The number of fused-ring (bicyclic) bond motifs is 2. The molecule has 2 aromatic rings. The normalized spacial score (nSPS) is 23.5. The standard InChI is InChI=1S/C23H27FN4O4S/c1-13-6-15(4-5-16(13)24)25-21(29)19-20-18(9-27(19)3)33-26-17-8-28(7-14(17)10-32-20)22(30)23(2)11-31-12-23/h4-6,9,14,17,26H,7-8,10-12H2,1-3H3,(H,25,29)/t14-,17+/m0/s1. The van der Waals surface area contributed by atoms with Crippen LogP contribution in [0.5, 0.6) is 5.75 Å². The van der Waals surface area contributed by atoms with Crippen molar-refractivity contribution in [3.63, 3.8) is 0 Å². The average Bonchev–Trinajstić information content (AvgIpc) is 3.29. The first kappa shape index (κ1) is 22.2. The third kappa shape index (κ3) is 4.00. The molecule has 0 bridgehead atoms. The number of carbonyl (C=O) groups excluding carboxylic acids is 2. The molecule has 2 atom stereocenters. The molecule has 1 aromatic heterocycles. The number of benzene rings is 1. The highest BCUT2D eigenvalue weighted by atomic mass is 32.2. The summed E-state index contributed by atoms with van der Waals surface area (Å²) in [6.07, 6.45) is 1.85. The van der Waals surface area contributed by atoms with E-state index in [4.69, 9.17) is 9.47 Å². The number of likely N-dealkylation sites (tertiary alicyclic amines) is 1. The summed E-state index contributed by atoms with van der Waals surface area (Å²) in [6.45, 7) is 6.14. The largest absolute Gasteiger partial charge is 0.489 e. The third-order valence-electron chi connectivity index (χ3n) is 6.58. The van der Waals surface area contributed by atoms with Gasteiger partial charge in [-0.2, -0.15) is 0 Å². The zero-order valence-corrected chi connectivity index (χ0v) is 19.6. The van der Waals surface area contributed by atoms with E-state index in [9.17, 15) is 14.0 Å². The van der Waals surface area contributed by atoms with Crippen LogP contribution in [0.4, 0.5) is 10.1 Å². The van der Waals surface area contributed by atoms with Gasteiger partial charge < -0.3 is 24.3 Å². The van der Waals surface area contributed by atoms with Crippen molar-refractivity contribution in [1.82, 2.24) is 14.2 Å². The fraction of sp³-hybridized carbons (Fsp3) is 0.478. The van der Waals surface area contributed by atoms with Crippen molar-refractivity contribution >= 4 is 29.4 Å². The molecule has 2 amide bonds. The number of anilines is 1. The van der Waals surface area contributed by atoms with Gasteiger partial charge in [-0.1, -0.05) is 0 Å². The van der Waals surface area contributed by atoms with E-state index in [2.05, 4.69) is 10.0 Å². The summed E-state index contributed by atoms with van der Waals surface area (Å²) in [5.74, 6) is 0.0909. The van der Waals surface area contributed by atoms with Crippen molar-refractivity contribution in [2.75, 3.05) is 38.2 Å². The molecular formula is C23H27FN4O4S.